The Morgan fingerprint density at radius 2 is 2.06 bits per heavy atom. The third-order valence-corrected chi connectivity index (χ3v) is 3.17. The number of nitrogens with two attached hydrogens (primary N) is 1. The molecule has 2 rings (SSSR count). The highest BCUT2D eigenvalue weighted by molar-refractivity contribution is 7.14. The predicted octanol–water partition coefficient (Wildman–Crippen LogP) is 2.50. The van der Waals surface area contributed by atoms with Gasteiger partial charge in [0, 0.05) is 0 Å². The zero-order valence-electron chi connectivity index (χ0n) is 8.45. The molecule has 2 aromatic rings. The molecule has 16 heavy (non-hydrogen) atoms. The largest absolute Gasteiger partial charge is 0.322 e. The lowest BCUT2D eigenvalue weighted by Crippen LogP contribution is -2.03. The van der Waals surface area contributed by atoms with E-state index < -0.39 is 11.6 Å². The molecule has 0 saturated carbocycles. The number of nitrogens with zero attached hydrogens (tertiary/aromatic N) is 2. The van der Waals surface area contributed by atoms with Crippen molar-refractivity contribution in [3.8, 4) is 10.6 Å². The summed E-state index contributed by atoms with van der Waals surface area (Å²) in [6.45, 7) is 1.76. The SMILES string of the molecule is CC(N)c1nnc(-c2cccc(F)c2F)s1. The Hall–Kier alpha value is -1.40. The minimum Gasteiger partial charge on any atom is -0.322 e. The fourth-order valence-corrected chi connectivity index (χ4v) is 2.01. The van der Waals surface area contributed by atoms with Gasteiger partial charge in [-0.05, 0) is 19.1 Å². The van der Waals surface area contributed by atoms with E-state index in [-0.39, 0.29) is 11.6 Å². The Labute approximate surface area is 94.9 Å². The van der Waals surface area contributed by atoms with Crippen molar-refractivity contribution in [2.75, 3.05) is 0 Å². The molecule has 0 aliphatic heterocycles. The second-order valence-corrected chi connectivity index (χ2v) is 4.34. The van der Waals surface area contributed by atoms with E-state index in [1.807, 2.05) is 0 Å². The monoisotopic (exact) mass is 241 g/mol. The second-order valence-electron chi connectivity index (χ2n) is 3.34. The van der Waals surface area contributed by atoms with Crippen LogP contribution in [0.25, 0.3) is 10.6 Å². The lowest BCUT2D eigenvalue weighted by Gasteiger charge is -1.98. The molecular formula is C10H9F2N3S. The van der Waals surface area contributed by atoms with Crippen LogP contribution >= 0.6 is 11.3 Å². The van der Waals surface area contributed by atoms with E-state index in [0.717, 1.165) is 17.4 Å². The minimum atomic E-state index is -0.908. The first-order valence-corrected chi connectivity index (χ1v) is 5.44. The molecule has 3 nitrogen and oxygen atoms in total. The molecule has 2 N–H and O–H groups in total. The van der Waals surface area contributed by atoms with Crippen molar-refractivity contribution in [2.24, 2.45) is 5.73 Å². The molecule has 0 fully saturated rings. The van der Waals surface area contributed by atoms with Crippen molar-refractivity contribution in [1.82, 2.24) is 10.2 Å². The van der Waals surface area contributed by atoms with Gasteiger partial charge in [0.15, 0.2) is 16.6 Å². The minimum absolute atomic E-state index is 0.115. The summed E-state index contributed by atoms with van der Waals surface area (Å²) in [6.07, 6.45) is 0. The quantitative estimate of drug-likeness (QED) is 0.878. The molecule has 0 aliphatic carbocycles. The Morgan fingerprint density at radius 3 is 2.69 bits per heavy atom. The Kier molecular flexibility index (Phi) is 2.93. The van der Waals surface area contributed by atoms with Gasteiger partial charge in [-0.15, -0.1) is 10.2 Å². The molecule has 0 spiro atoms. The van der Waals surface area contributed by atoms with E-state index in [1.165, 1.54) is 12.1 Å². The third kappa shape index (κ3) is 1.94. The van der Waals surface area contributed by atoms with Crippen LogP contribution in [-0.4, -0.2) is 10.2 Å². The van der Waals surface area contributed by atoms with Crippen LogP contribution in [0, 0.1) is 11.6 Å². The van der Waals surface area contributed by atoms with Crippen LogP contribution in [0.2, 0.25) is 0 Å². The van der Waals surface area contributed by atoms with Crippen molar-refractivity contribution in [3.05, 3.63) is 34.8 Å². The first kappa shape index (κ1) is 11.1. The fraction of sp³-hybridized carbons (Fsp3) is 0.200. The smallest absolute Gasteiger partial charge is 0.169 e. The first-order chi connectivity index (χ1) is 7.59. The van der Waals surface area contributed by atoms with Gasteiger partial charge in [-0.2, -0.15) is 0 Å². The van der Waals surface area contributed by atoms with Crippen molar-refractivity contribution < 1.29 is 8.78 Å². The molecule has 1 atom stereocenters. The van der Waals surface area contributed by atoms with Crippen LogP contribution in [0.4, 0.5) is 8.78 Å². The first-order valence-electron chi connectivity index (χ1n) is 4.63. The molecule has 1 aromatic heterocycles. The van der Waals surface area contributed by atoms with Gasteiger partial charge in [0.2, 0.25) is 0 Å². The number of hydrogen-bond acceptors (Lipinski definition) is 4. The summed E-state index contributed by atoms with van der Waals surface area (Å²) in [6, 6.07) is 3.69. The van der Waals surface area contributed by atoms with Crippen molar-refractivity contribution >= 4 is 11.3 Å². The average molecular weight is 241 g/mol. The lowest BCUT2D eigenvalue weighted by molar-refractivity contribution is 0.511. The van der Waals surface area contributed by atoms with Crippen LogP contribution in [0.15, 0.2) is 18.2 Å². The van der Waals surface area contributed by atoms with Crippen LogP contribution in [0.1, 0.15) is 18.0 Å². The summed E-state index contributed by atoms with van der Waals surface area (Å²) in [5.41, 5.74) is 5.73. The highest BCUT2D eigenvalue weighted by atomic mass is 32.1. The van der Waals surface area contributed by atoms with E-state index >= 15 is 0 Å². The zero-order valence-corrected chi connectivity index (χ0v) is 9.26. The van der Waals surface area contributed by atoms with Crippen LogP contribution in [-0.2, 0) is 0 Å². The van der Waals surface area contributed by atoms with Crippen LogP contribution in [0.5, 0.6) is 0 Å². The van der Waals surface area contributed by atoms with Crippen molar-refractivity contribution in [2.45, 2.75) is 13.0 Å². The number of hydrogen-bond donors (Lipinski definition) is 1. The normalized spacial score (nSPS) is 12.8. The Balaban J connectivity index is 2.47. The van der Waals surface area contributed by atoms with Gasteiger partial charge in [-0.3, -0.25) is 0 Å². The Morgan fingerprint density at radius 1 is 1.31 bits per heavy atom. The second kappa shape index (κ2) is 4.23. The number of halogens is 2. The fourth-order valence-electron chi connectivity index (χ4n) is 1.20. The molecular weight excluding hydrogens is 232 g/mol. The van der Waals surface area contributed by atoms with E-state index in [4.69, 9.17) is 5.73 Å². The van der Waals surface area contributed by atoms with Gasteiger partial charge in [-0.25, -0.2) is 8.78 Å². The number of benzene rings is 1. The molecule has 0 bridgehead atoms. The number of aromatic nitrogens is 2. The van der Waals surface area contributed by atoms with Crippen molar-refractivity contribution in [1.29, 1.82) is 0 Å². The summed E-state index contributed by atoms with van der Waals surface area (Å²) >= 11 is 1.16. The molecule has 0 radical (unpaired) electrons. The van der Waals surface area contributed by atoms with Gasteiger partial charge < -0.3 is 5.73 Å². The summed E-state index contributed by atoms with van der Waals surface area (Å²) < 4.78 is 26.4. The molecule has 0 aliphatic rings. The summed E-state index contributed by atoms with van der Waals surface area (Å²) in [5.74, 6) is -1.80. The van der Waals surface area contributed by atoms with E-state index in [2.05, 4.69) is 10.2 Å². The molecule has 1 heterocycles. The summed E-state index contributed by atoms with van der Waals surface area (Å²) in [4.78, 5) is 0. The van der Waals surface area contributed by atoms with Gasteiger partial charge in [0.05, 0.1) is 11.6 Å². The Bertz CT molecular complexity index is 511. The summed E-state index contributed by atoms with van der Waals surface area (Å²) in [7, 11) is 0. The van der Waals surface area contributed by atoms with E-state index in [1.54, 1.807) is 6.92 Å². The van der Waals surface area contributed by atoms with Gasteiger partial charge in [-0.1, -0.05) is 17.4 Å². The molecule has 0 amide bonds. The highest BCUT2D eigenvalue weighted by Crippen LogP contribution is 2.28. The van der Waals surface area contributed by atoms with E-state index in [0.29, 0.717) is 10.0 Å². The molecule has 84 valence electrons. The predicted molar refractivity (Wildman–Crippen MR) is 57.9 cm³/mol. The highest BCUT2D eigenvalue weighted by Gasteiger charge is 2.15. The lowest BCUT2D eigenvalue weighted by atomic mass is 10.2. The maximum absolute atomic E-state index is 13.4. The number of rotatable bonds is 2. The molecule has 1 unspecified atom stereocenters. The maximum atomic E-state index is 13.4. The zero-order chi connectivity index (χ0) is 11.7. The van der Waals surface area contributed by atoms with Crippen molar-refractivity contribution in [3.63, 3.8) is 0 Å². The third-order valence-electron chi connectivity index (χ3n) is 2.01. The van der Waals surface area contributed by atoms with Crippen LogP contribution < -0.4 is 5.73 Å². The maximum Gasteiger partial charge on any atom is 0.169 e. The average Bonchev–Trinajstić information content (AvgIpc) is 2.71. The van der Waals surface area contributed by atoms with Gasteiger partial charge in [0.25, 0.3) is 0 Å². The topological polar surface area (TPSA) is 51.8 Å². The van der Waals surface area contributed by atoms with E-state index in [9.17, 15) is 8.78 Å². The molecule has 0 saturated heterocycles. The molecule has 6 heteroatoms. The van der Waals surface area contributed by atoms with Crippen LogP contribution in [0.3, 0.4) is 0 Å². The van der Waals surface area contributed by atoms with Gasteiger partial charge >= 0.3 is 0 Å². The molecule has 1 aromatic carbocycles. The summed E-state index contributed by atoms with van der Waals surface area (Å²) in [5, 5.41) is 8.54. The standard InChI is InChI=1S/C10H9F2N3S/c1-5(13)9-14-15-10(16-9)6-3-2-4-7(11)8(6)12/h2-5H,13H2,1H3. The van der Waals surface area contributed by atoms with Gasteiger partial charge in [0.1, 0.15) is 5.01 Å².